The molecule has 34 heavy (non-hydrogen) atoms. The van der Waals surface area contributed by atoms with Crippen molar-refractivity contribution in [3.63, 3.8) is 0 Å². The van der Waals surface area contributed by atoms with E-state index in [0.29, 0.717) is 6.04 Å². The summed E-state index contributed by atoms with van der Waals surface area (Å²) in [5, 5.41) is 0. The lowest BCUT2D eigenvalue weighted by Crippen LogP contribution is -2.53. The molecule has 2 amide bonds. The Labute approximate surface area is 201 Å². The number of hydrogen-bond acceptors (Lipinski definition) is 4. The van der Waals surface area contributed by atoms with Crippen LogP contribution >= 0.6 is 0 Å². The van der Waals surface area contributed by atoms with Gasteiger partial charge in [-0.2, -0.15) is 0 Å². The molecule has 5 rings (SSSR count). The average molecular weight is 454 g/mol. The minimum absolute atomic E-state index is 0.135. The van der Waals surface area contributed by atoms with Crippen LogP contribution in [0.15, 0.2) is 78.9 Å². The second-order valence-corrected chi connectivity index (χ2v) is 9.48. The second kappa shape index (κ2) is 9.92. The van der Waals surface area contributed by atoms with Gasteiger partial charge >= 0.3 is 0 Å². The van der Waals surface area contributed by atoms with E-state index in [1.807, 2.05) is 19.2 Å². The van der Waals surface area contributed by atoms with Crippen LogP contribution in [0, 0.1) is 0 Å². The van der Waals surface area contributed by atoms with Gasteiger partial charge in [-0.25, -0.2) is 4.90 Å². The van der Waals surface area contributed by atoms with Gasteiger partial charge in [-0.3, -0.25) is 19.4 Å². The Hall–Kier alpha value is -3.28. The number of benzene rings is 3. The van der Waals surface area contributed by atoms with E-state index < -0.39 is 0 Å². The van der Waals surface area contributed by atoms with Crippen molar-refractivity contribution < 1.29 is 9.59 Å². The molecule has 5 nitrogen and oxygen atoms in total. The van der Waals surface area contributed by atoms with E-state index in [2.05, 4.69) is 71.6 Å². The van der Waals surface area contributed by atoms with Crippen LogP contribution in [0.1, 0.15) is 28.7 Å². The first-order valence-corrected chi connectivity index (χ1v) is 12.1. The molecule has 0 aromatic heterocycles. The number of nitrogens with zero attached hydrogens (tertiary/aromatic N) is 3. The van der Waals surface area contributed by atoms with E-state index in [1.165, 1.54) is 21.6 Å². The monoisotopic (exact) mass is 453 g/mol. The van der Waals surface area contributed by atoms with E-state index in [4.69, 9.17) is 0 Å². The summed E-state index contributed by atoms with van der Waals surface area (Å²) >= 11 is 0. The summed E-state index contributed by atoms with van der Waals surface area (Å²) in [6.07, 6.45) is 2.78. The van der Waals surface area contributed by atoms with Gasteiger partial charge in [0.25, 0.3) is 0 Å². The van der Waals surface area contributed by atoms with E-state index in [-0.39, 0.29) is 24.9 Å². The fourth-order valence-corrected chi connectivity index (χ4v) is 5.31. The van der Waals surface area contributed by atoms with Gasteiger partial charge in [0, 0.05) is 19.1 Å². The Kier molecular flexibility index (Phi) is 6.57. The lowest BCUT2D eigenvalue weighted by molar-refractivity contribution is -0.131. The summed E-state index contributed by atoms with van der Waals surface area (Å²) in [6, 6.07) is 27.8. The van der Waals surface area contributed by atoms with E-state index in [0.717, 1.165) is 43.6 Å². The zero-order valence-corrected chi connectivity index (χ0v) is 19.7. The van der Waals surface area contributed by atoms with Gasteiger partial charge in [0.1, 0.15) is 0 Å². The summed E-state index contributed by atoms with van der Waals surface area (Å²) in [5.74, 6) is -0.270. The maximum atomic E-state index is 12.7. The minimum Gasteiger partial charge on any atom is -0.292 e. The third-order valence-electron chi connectivity index (χ3n) is 6.95. The number of rotatable bonds is 6. The molecule has 1 heterocycles. The largest absolute Gasteiger partial charge is 0.292 e. The Morgan fingerprint density at radius 2 is 1.38 bits per heavy atom. The van der Waals surface area contributed by atoms with E-state index in [9.17, 15) is 9.59 Å². The number of fused-ring (bicyclic) bond motifs is 1. The van der Waals surface area contributed by atoms with Crippen molar-refractivity contribution in [1.29, 1.82) is 0 Å². The summed E-state index contributed by atoms with van der Waals surface area (Å²) in [5.41, 5.74) is 5.82. The number of piperazine rings is 1. The molecule has 0 unspecified atom stereocenters. The maximum absolute atomic E-state index is 12.7. The van der Waals surface area contributed by atoms with Gasteiger partial charge < -0.3 is 0 Å². The molecule has 1 aliphatic heterocycles. The van der Waals surface area contributed by atoms with Gasteiger partial charge in [0.05, 0.1) is 18.8 Å². The average Bonchev–Trinajstić information content (AvgIpc) is 2.84. The summed E-state index contributed by atoms with van der Waals surface area (Å²) in [4.78, 5) is 31.2. The fraction of sp³-hybridized carbons (Fsp3) is 0.310. The van der Waals surface area contributed by atoms with Crippen molar-refractivity contribution in [2.24, 2.45) is 0 Å². The van der Waals surface area contributed by atoms with E-state index >= 15 is 0 Å². The highest BCUT2D eigenvalue weighted by molar-refractivity contribution is 6.18. The molecule has 3 aromatic rings. The molecule has 2 aliphatic rings. The zero-order valence-electron chi connectivity index (χ0n) is 19.7. The molecule has 0 bridgehead atoms. The Morgan fingerprint density at radius 1 is 0.794 bits per heavy atom. The number of imide groups is 1. The Morgan fingerprint density at radius 3 is 1.97 bits per heavy atom. The SMILES string of the molecule is CN1CC(=O)N(c2cccc3c2CC[C@@H](N(Cc2ccccc2)Cc2ccccc2)C3)C(=O)C1. The Balaban J connectivity index is 1.41. The Bertz CT molecular complexity index is 1100. The normalized spacial score (nSPS) is 18.9. The fourth-order valence-electron chi connectivity index (χ4n) is 5.31. The van der Waals surface area contributed by atoms with E-state index in [1.54, 1.807) is 4.90 Å². The smallest absolute Gasteiger partial charge is 0.247 e. The molecule has 0 N–H and O–H groups in total. The van der Waals surface area contributed by atoms with Gasteiger partial charge in [-0.1, -0.05) is 72.8 Å². The highest BCUT2D eigenvalue weighted by atomic mass is 16.2. The first-order chi connectivity index (χ1) is 16.6. The first kappa shape index (κ1) is 22.5. The standard InChI is InChI=1S/C29H31N3O2/c1-30-20-28(33)32(29(34)21-30)27-14-8-13-24-17-25(15-16-26(24)27)31(18-22-9-4-2-5-10-22)19-23-11-6-3-7-12-23/h2-14,25H,15-21H2,1H3/t25-/m1/s1. The summed E-state index contributed by atoms with van der Waals surface area (Å²) in [6.45, 7) is 2.34. The van der Waals surface area contributed by atoms with Crippen LogP contribution < -0.4 is 4.90 Å². The molecule has 1 aliphatic carbocycles. The molecule has 174 valence electrons. The predicted molar refractivity (Wildman–Crippen MR) is 134 cm³/mol. The van der Waals surface area contributed by atoms with Crippen LogP contribution in [0.2, 0.25) is 0 Å². The van der Waals surface area contributed by atoms with Crippen molar-refractivity contribution in [1.82, 2.24) is 9.80 Å². The third-order valence-corrected chi connectivity index (χ3v) is 6.95. The minimum atomic E-state index is -0.135. The molecular weight excluding hydrogens is 422 g/mol. The first-order valence-electron chi connectivity index (χ1n) is 12.1. The molecule has 5 heteroatoms. The van der Waals surface area contributed by atoms with Crippen LogP contribution in [-0.2, 0) is 35.5 Å². The van der Waals surface area contributed by atoms with Crippen LogP contribution in [0.25, 0.3) is 0 Å². The van der Waals surface area contributed by atoms with Gasteiger partial charge in [0.15, 0.2) is 0 Å². The van der Waals surface area contributed by atoms with Gasteiger partial charge in [0.2, 0.25) is 11.8 Å². The topological polar surface area (TPSA) is 43.9 Å². The molecular formula is C29H31N3O2. The number of amides is 2. The van der Waals surface area contributed by atoms with Gasteiger partial charge in [-0.15, -0.1) is 0 Å². The quantitative estimate of drug-likeness (QED) is 0.528. The van der Waals surface area contributed by atoms with Crippen molar-refractivity contribution in [2.75, 3.05) is 25.0 Å². The number of carbonyl (C=O) groups is 2. The number of anilines is 1. The lowest BCUT2D eigenvalue weighted by atomic mass is 9.85. The molecule has 1 fully saturated rings. The van der Waals surface area contributed by atoms with Gasteiger partial charge in [-0.05, 0) is 54.6 Å². The predicted octanol–water partition coefficient (Wildman–Crippen LogP) is 4.05. The highest BCUT2D eigenvalue weighted by Gasteiger charge is 2.34. The zero-order chi connectivity index (χ0) is 23.5. The third kappa shape index (κ3) is 4.81. The van der Waals surface area contributed by atoms with Crippen molar-refractivity contribution >= 4 is 17.5 Å². The van der Waals surface area contributed by atoms with Crippen LogP contribution in [-0.4, -0.2) is 47.8 Å². The van der Waals surface area contributed by atoms with Crippen molar-refractivity contribution in [2.45, 2.75) is 38.4 Å². The lowest BCUT2D eigenvalue weighted by Gasteiger charge is -2.38. The molecule has 1 saturated heterocycles. The number of carbonyl (C=O) groups excluding carboxylic acids is 2. The highest BCUT2D eigenvalue weighted by Crippen LogP contribution is 2.34. The molecule has 1 atom stereocenters. The number of hydrogen-bond donors (Lipinski definition) is 0. The maximum Gasteiger partial charge on any atom is 0.247 e. The second-order valence-electron chi connectivity index (χ2n) is 9.48. The van der Waals surface area contributed by atoms with Crippen LogP contribution in [0.5, 0.6) is 0 Å². The molecule has 0 saturated carbocycles. The summed E-state index contributed by atoms with van der Waals surface area (Å²) in [7, 11) is 1.81. The van der Waals surface area contributed by atoms with Crippen LogP contribution in [0.3, 0.4) is 0 Å². The van der Waals surface area contributed by atoms with Crippen molar-refractivity contribution in [3.8, 4) is 0 Å². The van der Waals surface area contributed by atoms with Crippen molar-refractivity contribution in [3.05, 3.63) is 101 Å². The number of likely N-dealkylation sites (N-methyl/N-ethyl adjacent to an activating group) is 1. The summed E-state index contributed by atoms with van der Waals surface area (Å²) < 4.78 is 0. The molecule has 0 spiro atoms. The molecule has 0 radical (unpaired) electrons. The van der Waals surface area contributed by atoms with Crippen LogP contribution in [0.4, 0.5) is 5.69 Å². The molecule has 3 aromatic carbocycles.